The van der Waals surface area contributed by atoms with E-state index in [-0.39, 0.29) is 0 Å². The van der Waals surface area contributed by atoms with Crippen LogP contribution in [-0.2, 0) is 6.54 Å². The summed E-state index contributed by atoms with van der Waals surface area (Å²) >= 11 is 0. The summed E-state index contributed by atoms with van der Waals surface area (Å²) in [6, 6.07) is 4.24. The van der Waals surface area contributed by atoms with Crippen LogP contribution in [0, 0.1) is 5.92 Å². The third-order valence-electron chi connectivity index (χ3n) is 4.14. The van der Waals surface area contributed by atoms with Crippen molar-refractivity contribution < 1.29 is 0 Å². The Hall–Kier alpha value is -0.930. The summed E-state index contributed by atoms with van der Waals surface area (Å²) in [6.07, 6.45) is 6.59. The molecule has 92 valence electrons. The van der Waals surface area contributed by atoms with Crippen molar-refractivity contribution in [3.8, 4) is 0 Å². The monoisotopic (exact) mass is 231 g/mol. The molecule has 1 atom stereocenters. The molecule has 3 heteroatoms. The number of hydrogen-bond donors (Lipinski definition) is 1. The molecular formula is C14H21N3. The lowest BCUT2D eigenvalue weighted by molar-refractivity contribution is 0.121. The van der Waals surface area contributed by atoms with Crippen molar-refractivity contribution in [2.45, 2.75) is 31.8 Å². The smallest absolute Gasteiger partial charge is 0.0309 e. The fraction of sp³-hybridized carbons (Fsp3) is 0.643. The van der Waals surface area contributed by atoms with E-state index in [1.807, 2.05) is 12.4 Å². The summed E-state index contributed by atoms with van der Waals surface area (Å²) in [5, 5.41) is 3.72. The van der Waals surface area contributed by atoms with E-state index in [1.54, 1.807) is 0 Å². The van der Waals surface area contributed by atoms with Gasteiger partial charge < -0.3 is 5.32 Å². The van der Waals surface area contributed by atoms with Gasteiger partial charge in [-0.25, -0.2) is 0 Å². The highest BCUT2D eigenvalue weighted by atomic mass is 15.2. The van der Waals surface area contributed by atoms with E-state index in [1.165, 1.54) is 24.9 Å². The summed E-state index contributed by atoms with van der Waals surface area (Å²) < 4.78 is 0. The zero-order valence-electron chi connectivity index (χ0n) is 10.5. The van der Waals surface area contributed by atoms with E-state index in [4.69, 9.17) is 0 Å². The van der Waals surface area contributed by atoms with E-state index in [0.717, 1.165) is 25.6 Å². The Morgan fingerprint density at radius 2 is 2.18 bits per heavy atom. The Morgan fingerprint density at radius 3 is 2.88 bits per heavy atom. The zero-order valence-corrected chi connectivity index (χ0v) is 10.5. The second kappa shape index (κ2) is 4.39. The molecule has 1 aromatic rings. The lowest BCUT2D eigenvalue weighted by atomic mass is 9.93. The first-order valence-corrected chi connectivity index (χ1v) is 6.62. The maximum atomic E-state index is 4.07. The van der Waals surface area contributed by atoms with Gasteiger partial charge in [0.1, 0.15) is 0 Å². The summed E-state index contributed by atoms with van der Waals surface area (Å²) in [5.74, 6) is 0.905. The summed E-state index contributed by atoms with van der Waals surface area (Å²) in [6.45, 7) is 6.92. The van der Waals surface area contributed by atoms with E-state index in [9.17, 15) is 0 Å². The zero-order chi connectivity index (χ0) is 11.7. The Labute approximate surface area is 103 Å². The number of nitrogens with one attached hydrogen (secondary N) is 1. The number of piperazine rings is 1. The maximum Gasteiger partial charge on any atom is 0.0309 e. The molecule has 2 fully saturated rings. The van der Waals surface area contributed by atoms with E-state index in [2.05, 4.69) is 34.3 Å². The van der Waals surface area contributed by atoms with Crippen LogP contribution >= 0.6 is 0 Å². The number of hydrogen-bond acceptors (Lipinski definition) is 3. The third kappa shape index (κ3) is 2.50. The molecule has 0 amide bonds. The molecule has 1 aliphatic carbocycles. The molecule has 0 radical (unpaired) electrons. The fourth-order valence-electron chi connectivity index (χ4n) is 2.97. The molecule has 1 N–H and O–H groups in total. The van der Waals surface area contributed by atoms with Gasteiger partial charge in [0, 0.05) is 44.1 Å². The second-order valence-corrected chi connectivity index (χ2v) is 5.68. The molecule has 0 aromatic carbocycles. The molecule has 1 aromatic heterocycles. The lowest BCUT2D eigenvalue weighted by Crippen LogP contribution is -2.59. The van der Waals surface area contributed by atoms with E-state index < -0.39 is 0 Å². The minimum Gasteiger partial charge on any atom is -0.309 e. The van der Waals surface area contributed by atoms with Gasteiger partial charge >= 0.3 is 0 Å². The number of pyridine rings is 1. The van der Waals surface area contributed by atoms with Crippen molar-refractivity contribution in [2.24, 2.45) is 5.92 Å². The van der Waals surface area contributed by atoms with Crippen LogP contribution in [0.3, 0.4) is 0 Å². The average Bonchev–Trinajstić information content (AvgIpc) is 3.14. The van der Waals surface area contributed by atoms with Gasteiger partial charge in [-0.1, -0.05) is 0 Å². The Bertz CT molecular complexity index is 374. The molecule has 3 nitrogen and oxygen atoms in total. The first-order valence-electron chi connectivity index (χ1n) is 6.62. The first kappa shape index (κ1) is 11.2. The van der Waals surface area contributed by atoms with Gasteiger partial charge in [0.2, 0.25) is 0 Å². The predicted octanol–water partition coefficient (Wildman–Crippen LogP) is 1.66. The largest absolute Gasteiger partial charge is 0.309 e. The molecule has 2 heterocycles. The van der Waals surface area contributed by atoms with Crippen LogP contribution in [0.25, 0.3) is 0 Å². The summed E-state index contributed by atoms with van der Waals surface area (Å²) in [5.41, 5.74) is 1.73. The molecule has 1 aliphatic heterocycles. The van der Waals surface area contributed by atoms with Gasteiger partial charge in [-0.3, -0.25) is 9.88 Å². The number of nitrogens with zero attached hydrogens (tertiary/aromatic N) is 2. The van der Waals surface area contributed by atoms with Crippen molar-refractivity contribution in [3.05, 3.63) is 30.1 Å². The van der Waals surface area contributed by atoms with Crippen molar-refractivity contribution in [1.82, 2.24) is 15.2 Å². The van der Waals surface area contributed by atoms with Crippen LogP contribution in [0.15, 0.2) is 24.5 Å². The first-order chi connectivity index (χ1) is 8.26. The van der Waals surface area contributed by atoms with Crippen molar-refractivity contribution in [2.75, 3.05) is 19.6 Å². The summed E-state index contributed by atoms with van der Waals surface area (Å²) in [4.78, 5) is 6.65. The van der Waals surface area contributed by atoms with Crippen LogP contribution in [0.4, 0.5) is 0 Å². The van der Waals surface area contributed by atoms with E-state index in [0.29, 0.717) is 5.54 Å². The van der Waals surface area contributed by atoms with E-state index >= 15 is 0 Å². The third-order valence-corrected chi connectivity index (χ3v) is 4.14. The highest BCUT2D eigenvalue weighted by Gasteiger charge is 2.43. The van der Waals surface area contributed by atoms with Gasteiger partial charge in [-0.2, -0.15) is 0 Å². The molecule has 17 heavy (non-hydrogen) atoms. The minimum absolute atomic E-state index is 0.352. The molecule has 1 unspecified atom stereocenters. The van der Waals surface area contributed by atoms with Gasteiger partial charge in [-0.15, -0.1) is 0 Å². The highest BCUT2D eigenvalue weighted by Crippen LogP contribution is 2.40. The number of rotatable bonds is 3. The Balaban J connectivity index is 1.64. The van der Waals surface area contributed by atoms with Crippen molar-refractivity contribution in [3.63, 3.8) is 0 Å². The van der Waals surface area contributed by atoms with Crippen LogP contribution in [0.1, 0.15) is 25.3 Å². The average molecular weight is 231 g/mol. The minimum atomic E-state index is 0.352. The Kier molecular flexibility index (Phi) is 2.89. The van der Waals surface area contributed by atoms with Crippen LogP contribution in [-0.4, -0.2) is 35.1 Å². The molecule has 1 saturated carbocycles. The standard InChI is InChI=1S/C14H21N3/c1-14(13-2-3-13)11-17(9-8-16-14)10-12-4-6-15-7-5-12/h4-7,13,16H,2-3,8-11H2,1H3. The van der Waals surface area contributed by atoms with Gasteiger partial charge in [-0.05, 0) is 43.4 Å². The Morgan fingerprint density at radius 1 is 1.41 bits per heavy atom. The normalized spacial score (nSPS) is 30.4. The van der Waals surface area contributed by atoms with Crippen molar-refractivity contribution in [1.29, 1.82) is 0 Å². The quantitative estimate of drug-likeness (QED) is 0.857. The lowest BCUT2D eigenvalue weighted by Gasteiger charge is -2.42. The predicted molar refractivity (Wildman–Crippen MR) is 68.6 cm³/mol. The number of aromatic nitrogens is 1. The maximum absolute atomic E-state index is 4.07. The fourth-order valence-corrected chi connectivity index (χ4v) is 2.97. The van der Waals surface area contributed by atoms with Crippen molar-refractivity contribution >= 4 is 0 Å². The van der Waals surface area contributed by atoms with Gasteiger partial charge in [0.25, 0.3) is 0 Å². The van der Waals surface area contributed by atoms with Crippen LogP contribution in [0.2, 0.25) is 0 Å². The van der Waals surface area contributed by atoms with Crippen LogP contribution in [0.5, 0.6) is 0 Å². The molecule has 3 rings (SSSR count). The molecule has 0 spiro atoms. The van der Waals surface area contributed by atoms with Gasteiger partial charge in [0.15, 0.2) is 0 Å². The van der Waals surface area contributed by atoms with Crippen LogP contribution < -0.4 is 5.32 Å². The second-order valence-electron chi connectivity index (χ2n) is 5.68. The highest BCUT2D eigenvalue weighted by molar-refractivity contribution is 5.10. The molecule has 2 aliphatic rings. The topological polar surface area (TPSA) is 28.2 Å². The van der Waals surface area contributed by atoms with Gasteiger partial charge in [0.05, 0.1) is 0 Å². The molecular weight excluding hydrogens is 210 g/mol. The molecule has 0 bridgehead atoms. The molecule has 1 saturated heterocycles. The summed E-state index contributed by atoms with van der Waals surface area (Å²) in [7, 11) is 0. The SMILES string of the molecule is CC1(C2CC2)CN(Cc2ccncc2)CCN1.